The second-order valence-corrected chi connectivity index (χ2v) is 6.47. The van der Waals surface area contributed by atoms with Crippen molar-refractivity contribution in [2.24, 2.45) is 5.92 Å². The van der Waals surface area contributed by atoms with Crippen LogP contribution < -0.4 is 4.72 Å². The highest BCUT2D eigenvalue weighted by Crippen LogP contribution is 2.41. The SMILES string of the molecule is CS(=O)(=O)NC(c1ccc(Cl)cc1)C1CC1. The fourth-order valence-electron chi connectivity index (χ4n) is 1.77. The van der Waals surface area contributed by atoms with Gasteiger partial charge in [0, 0.05) is 11.1 Å². The Kier molecular flexibility index (Phi) is 3.24. The molecule has 0 aliphatic heterocycles. The third-order valence-electron chi connectivity index (χ3n) is 2.66. The summed E-state index contributed by atoms with van der Waals surface area (Å²) in [6.07, 6.45) is 3.35. The minimum Gasteiger partial charge on any atom is -0.213 e. The molecule has 1 saturated carbocycles. The molecule has 5 heteroatoms. The van der Waals surface area contributed by atoms with Crippen LogP contribution in [0.2, 0.25) is 5.02 Å². The molecule has 0 saturated heterocycles. The first-order chi connectivity index (χ1) is 7.46. The monoisotopic (exact) mass is 259 g/mol. The lowest BCUT2D eigenvalue weighted by Gasteiger charge is -2.17. The fourth-order valence-corrected chi connectivity index (χ4v) is 2.68. The molecule has 1 aromatic rings. The zero-order chi connectivity index (χ0) is 11.8. The molecule has 1 aromatic carbocycles. The van der Waals surface area contributed by atoms with Crippen molar-refractivity contribution in [3.8, 4) is 0 Å². The zero-order valence-corrected chi connectivity index (χ0v) is 10.6. The number of rotatable bonds is 4. The van der Waals surface area contributed by atoms with Crippen LogP contribution in [-0.2, 0) is 10.0 Å². The molecule has 0 amide bonds. The van der Waals surface area contributed by atoms with Crippen molar-refractivity contribution in [1.29, 1.82) is 0 Å². The molecule has 2 rings (SSSR count). The Labute approximate surface area is 101 Å². The van der Waals surface area contributed by atoms with Gasteiger partial charge in [-0.1, -0.05) is 23.7 Å². The standard InChI is InChI=1S/C11H14ClNO2S/c1-16(14,15)13-11(8-2-3-8)9-4-6-10(12)7-5-9/h4-8,11,13H,2-3H2,1H3. The van der Waals surface area contributed by atoms with E-state index in [1.807, 2.05) is 12.1 Å². The van der Waals surface area contributed by atoms with Crippen LogP contribution in [0.15, 0.2) is 24.3 Å². The van der Waals surface area contributed by atoms with E-state index < -0.39 is 10.0 Å². The summed E-state index contributed by atoms with van der Waals surface area (Å²) < 4.78 is 25.2. The van der Waals surface area contributed by atoms with E-state index in [4.69, 9.17) is 11.6 Å². The highest BCUT2D eigenvalue weighted by molar-refractivity contribution is 7.88. The largest absolute Gasteiger partial charge is 0.213 e. The molecule has 1 unspecified atom stereocenters. The smallest absolute Gasteiger partial charge is 0.209 e. The van der Waals surface area contributed by atoms with Gasteiger partial charge in [0.25, 0.3) is 0 Å². The van der Waals surface area contributed by atoms with Crippen molar-refractivity contribution in [3.05, 3.63) is 34.9 Å². The summed E-state index contributed by atoms with van der Waals surface area (Å²) in [4.78, 5) is 0. The van der Waals surface area contributed by atoms with Crippen LogP contribution in [0.5, 0.6) is 0 Å². The van der Waals surface area contributed by atoms with Gasteiger partial charge in [-0.3, -0.25) is 0 Å². The van der Waals surface area contributed by atoms with Crippen LogP contribution in [0.4, 0.5) is 0 Å². The summed E-state index contributed by atoms with van der Waals surface area (Å²) in [5.41, 5.74) is 0.984. The van der Waals surface area contributed by atoms with Gasteiger partial charge in [0.2, 0.25) is 10.0 Å². The third-order valence-corrected chi connectivity index (χ3v) is 3.60. The van der Waals surface area contributed by atoms with Gasteiger partial charge >= 0.3 is 0 Å². The maximum absolute atomic E-state index is 11.3. The van der Waals surface area contributed by atoms with Crippen LogP contribution in [-0.4, -0.2) is 14.7 Å². The molecule has 1 atom stereocenters. The summed E-state index contributed by atoms with van der Waals surface area (Å²) >= 11 is 5.81. The molecule has 1 aliphatic carbocycles. The fraction of sp³-hybridized carbons (Fsp3) is 0.455. The minimum atomic E-state index is -3.17. The number of hydrogen-bond donors (Lipinski definition) is 1. The number of benzene rings is 1. The minimum absolute atomic E-state index is 0.104. The van der Waals surface area contributed by atoms with Gasteiger partial charge in [0.1, 0.15) is 0 Å². The lowest BCUT2D eigenvalue weighted by atomic mass is 10.0. The molecule has 1 N–H and O–H groups in total. The van der Waals surface area contributed by atoms with Crippen LogP contribution >= 0.6 is 11.6 Å². The van der Waals surface area contributed by atoms with Crippen molar-refractivity contribution in [2.75, 3.05) is 6.26 Å². The molecular weight excluding hydrogens is 246 g/mol. The highest BCUT2D eigenvalue weighted by atomic mass is 35.5. The number of hydrogen-bond acceptors (Lipinski definition) is 2. The average Bonchev–Trinajstić information content (AvgIpc) is 2.97. The van der Waals surface area contributed by atoms with Crippen molar-refractivity contribution in [1.82, 2.24) is 4.72 Å². The molecule has 1 fully saturated rings. The van der Waals surface area contributed by atoms with E-state index in [9.17, 15) is 8.42 Å². The Morgan fingerprint density at radius 3 is 2.31 bits per heavy atom. The number of sulfonamides is 1. The summed E-state index contributed by atoms with van der Waals surface area (Å²) in [7, 11) is -3.17. The van der Waals surface area contributed by atoms with Gasteiger partial charge in [-0.05, 0) is 36.5 Å². The van der Waals surface area contributed by atoms with E-state index in [1.54, 1.807) is 12.1 Å². The van der Waals surface area contributed by atoms with Crippen LogP contribution in [0.1, 0.15) is 24.4 Å². The maximum atomic E-state index is 11.3. The maximum Gasteiger partial charge on any atom is 0.209 e. The lowest BCUT2D eigenvalue weighted by molar-refractivity contribution is 0.533. The summed E-state index contributed by atoms with van der Waals surface area (Å²) in [5.74, 6) is 0.427. The van der Waals surface area contributed by atoms with E-state index in [0.717, 1.165) is 18.4 Å². The van der Waals surface area contributed by atoms with E-state index in [1.165, 1.54) is 6.26 Å². The van der Waals surface area contributed by atoms with E-state index in [0.29, 0.717) is 10.9 Å². The van der Waals surface area contributed by atoms with Crippen molar-refractivity contribution < 1.29 is 8.42 Å². The Bertz CT molecular complexity index is 465. The second kappa shape index (κ2) is 4.35. The van der Waals surface area contributed by atoms with Crippen molar-refractivity contribution in [3.63, 3.8) is 0 Å². The Morgan fingerprint density at radius 1 is 1.31 bits per heavy atom. The summed E-state index contributed by atoms with van der Waals surface area (Å²) in [6, 6.07) is 7.23. The molecule has 1 aliphatic rings. The summed E-state index contributed by atoms with van der Waals surface area (Å²) in [6.45, 7) is 0. The molecule has 0 radical (unpaired) electrons. The van der Waals surface area contributed by atoms with Crippen LogP contribution in [0, 0.1) is 5.92 Å². The van der Waals surface area contributed by atoms with Gasteiger partial charge in [-0.2, -0.15) is 0 Å². The molecular formula is C11H14ClNO2S. The molecule has 16 heavy (non-hydrogen) atoms. The van der Waals surface area contributed by atoms with E-state index in [-0.39, 0.29) is 6.04 Å². The third kappa shape index (κ3) is 3.20. The zero-order valence-electron chi connectivity index (χ0n) is 8.98. The van der Waals surface area contributed by atoms with Gasteiger partial charge in [-0.15, -0.1) is 0 Å². The highest BCUT2D eigenvalue weighted by Gasteiger charge is 2.33. The predicted molar refractivity (Wildman–Crippen MR) is 64.9 cm³/mol. The average molecular weight is 260 g/mol. The first kappa shape index (κ1) is 11.9. The van der Waals surface area contributed by atoms with Gasteiger partial charge in [0.15, 0.2) is 0 Å². The lowest BCUT2D eigenvalue weighted by Crippen LogP contribution is -2.28. The summed E-state index contributed by atoms with van der Waals surface area (Å²) in [5, 5.41) is 0.664. The Morgan fingerprint density at radius 2 is 1.88 bits per heavy atom. The topological polar surface area (TPSA) is 46.2 Å². The van der Waals surface area contributed by atoms with Gasteiger partial charge in [0.05, 0.1) is 6.26 Å². The first-order valence-corrected chi connectivity index (χ1v) is 7.45. The quantitative estimate of drug-likeness (QED) is 0.902. The molecule has 0 bridgehead atoms. The van der Waals surface area contributed by atoms with Gasteiger partial charge in [-0.25, -0.2) is 13.1 Å². The normalized spacial score (nSPS) is 18.4. The Hall–Kier alpha value is -0.580. The van der Waals surface area contributed by atoms with E-state index in [2.05, 4.69) is 4.72 Å². The second-order valence-electron chi connectivity index (χ2n) is 4.26. The predicted octanol–water partition coefficient (Wildman–Crippen LogP) is 2.34. The van der Waals surface area contributed by atoms with Crippen LogP contribution in [0.25, 0.3) is 0 Å². The van der Waals surface area contributed by atoms with Gasteiger partial charge < -0.3 is 0 Å². The molecule has 3 nitrogen and oxygen atoms in total. The first-order valence-electron chi connectivity index (χ1n) is 5.18. The van der Waals surface area contributed by atoms with Crippen molar-refractivity contribution in [2.45, 2.75) is 18.9 Å². The van der Waals surface area contributed by atoms with E-state index >= 15 is 0 Å². The van der Waals surface area contributed by atoms with Crippen LogP contribution in [0.3, 0.4) is 0 Å². The number of nitrogens with one attached hydrogen (secondary N) is 1. The number of halogens is 1. The van der Waals surface area contributed by atoms with Crippen molar-refractivity contribution >= 4 is 21.6 Å². The Balaban J connectivity index is 2.22. The molecule has 88 valence electrons. The molecule has 0 heterocycles. The molecule has 0 spiro atoms. The molecule has 0 aromatic heterocycles.